The van der Waals surface area contributed by atoms with E-state index in [1.807, 2.05) is 37.3 Å². The summed E-state index contributed by atoms with van der Waals surface area (Å²) >= 11 is 0. The van der Waals surface area contributed by atoms with Gasteiger partial charge >= 0.3 is 0 Å². The van der Waals surface area contributed by atoms with Crippen molar-refractivity contribution in [2.24, 2.45) is 5.92 Å². The lowest BCUT2D eigenvalue weighted by Gasteiger charge is -2.32. The molecule has 2 heterocycles. The summed E-state index contributed by atoms with van der Waals surface area (Å²) in [5, 5.41) is 2.97. The molecule has 1 aliphatic heterocycles. The molecule has 4 rings (SSSR count). The van der Waals surface area contributed by atoms with Gasteiger partial charge in [0.15, 0.2) is 0 Å². The second-order valence-corrected chi connectivity index (χ2v) is 7.66. The Balaban J connectivity index is 1.43. The van der Waals surface area contributed by atoms with Gasteiger partial charge in [-0.15, -0.1) is 0 Å². The molecule has 1 N–H and O–H groups in total. The first-order valence-electron chi connectivity index (χ1n) is 10.3. The molecule has 0 spiro atoms. The average molecular weight is 418 g/mol. The van der Waals surface area contributed by atoms with E-state index in [2.05, 4.69) is 15.3 Å². The maximum Gasteiger partial charge on any atom is 0.253 e. The predicted octanol–water partition coefficient (Wildman–Crippen LogP) is 4.08. The summed E-state index contributed by atoms with van der Waals surface area (Å²) < 4.78 is 13.1. The quantitative estimate of drug-likeness (QED) is 0.693. The SMILES string of the molecule is Cc1nccc(-c2cccc(NC(=O)C3CCCN(C(=O)c4ccc(F)cc4)C3)c2)n1. The second kappa shape index (κ2) is 9.04. The van der Waals surface area contributed by atoms with Crippen LogP contribution in [0.15, 0.2) is 60.8 Å². The van der Waals surface area contributed by atoms with E-state index in [1.165, 1.54) is 24.3 Å². The molecule has 7 heteroatoms. The number of aromatic nitrogens is 2. The number of nitrogens with one attached hydrogen (secondary N) is 1. The molecule has 6 nitrogen and oxygen atoms in total. The molecule has 3 aromatic rings. The number of piperidine rings is 1. The highest BCUT2D eigenvalue weighted by molar-refractivity contribution is 5.96. The van der Waals surface area contributed by atoms with Crippen LogP contribution in [0.5, 0.6) is 0 Å². The van der Waals surface area contributed by atoms with Gasteiger partial charge in [0, 0.05) is 36.1 Å². The first-order chi connectivity index (χ1) is 15.0. The highest BCUT2D eigenvalue weighted by Gasteiger charge is 2.29. The summed E-state index contributed by atoms with van der Waals surface area (Å²) in [6, 6.07) is 14.8. The van der Waals surface area contributed by atoms with Crippen LogP contribution in [-0.4, -0.2) is 39.8 Å². The van der Waals surface area contributed by atoms with Gasteiger partial charge in [-0.3, -0.25) is 9.59 Å². The first kappa shape index (κ1) is 20.7. The molecule has 2 aromatic carbocycles. The second-order valence-electron chi connectivity index (χ2n) is 7.66. The Morgan fingerprint density at radius 1 is 1.13 bits per heavy atom. The highest BCUT2D eigenvalue weighted by Crippen LogP contribution is 2.24. The number of likely N-dealkylation sites (tertiary alicyclic amines) is 1. The summed E-state index contributed by atoms with van der Waals surface area (Å²) in [4.78, 5) is 35.8. The minimum atomic E-state index is -0.383. The number of hydrogen-bond donors (Lipinski definition) is 1. The van der Waals surface area contributed by atoms with Crippen LogP contribution in [-0.2, 0) is 4.79 Å². The Kier molecular flexibility index (Phi) is 6.02. The molecular formula is C24H23FN4O2. The van der Waals surface area contributed by atoms with Crippen molar-refractivity contribution in [3.8, 4) is 11.3 Å². The van der Waals surface area contributed by atoms with Crippen molar-refractivity contribution in [3.05, 3.63) is 78.0 Å². The number of hydrogen-bond acceptors (Lipinski definition) is 4. The molecule has 1 aromatic heterocycles. The third-order valence-electron chi connectivity index (χ3n) is 5.37. The maximum absolute atomic E-state index is 13.1. The zero-order valence-electron chi connectivity index (χ0n) is 17.2. The Morgan fingerprint density at radius 3 is 2.71 bits per heavy atom. The van der Waals surface area contributed by atoms with Crippen LogP contribution in [0.1, 0.15) is 29.0 Å². The third-order valence-corrected chi connectivity index (χ3v) is 5.37. The van der Waals surface area contributed by atoms with Gasteiger partial charge in [-0.2, -0.15) is 0 Å². The largest absolute Gasteiger partial charge is 0.338 e. The molecule has 1 atom stereocenters. The molecule has 1 saturated heterocycles. The zero-order valence-corrected chi connectivity index (χ0v) is 17.2. The topological polar surface area (TPSA) is 75.2 Å². The van der Waals surface area contributed by atoms with Crippen LogP contribution in [0.4, 0.5) is 10.1 Å². The van der Waals surface area contributed by atoms with E-state index >= 15 is 0 Å². The van der Waals surface area contributed by atoms with Crippen molar-refractivity contribution in [1.82, 2.24) is 14.9 Å². The van der Waals surface area contributed by atoms with Gasteiger partial charge in [0.25, 0.3) is 5.91 Å². The molecule has 1 aliphatic rings. The van der Waals surface area contributed by atoms with E-state index in [9.17, 15) is 14.0 Å². The molecule has 0 aliphatic carbocycles. The zero-order chi connectivity index (χ0) is 21.8. The molecule has 0 radical (unpaired) electrons. The van der Waals surface area contributed by atoms with E-state index in [0.29, 0.717) is 36.6 Å². The van der Waals surface area contributed by atoms with Crippen LogP contribution in [0.25, 0.3) is 11.3 Å². The van der Waals surface area contributed by atoms with Gasteiger partial charge in [-0.25, -0.2) is 14.4 Å². The standard InChI is InChI=1S/C24H23FN4O2/c1-16-26-12-11-22(27-16)18-4-2-6-21(14-18)28-23(30)19-5-3-13-29(15-19)24(31)17-7-9-20(25)10-8-17/h2,4,6-12,14,19H,3,5,13,15H2,1H3,(H,28,30). The Labute approximate surface area is 180 Å². The molecule has 31 heavy (non-hydrogen) atoms. The lowest BCUT2D eigenvalue weighted by molar-refractivity contribution is -0.121. The molecule has 1 unspecified atom stereocenters. The van der Waals surface area contributed by atoms with Crippen LogP contribution < -0.4 is 5.32 Å². The van der Waals surface area contributed by atoms with Crippen LogP contribution >= 0.6 is 0 Å². The number of carbonyl (C=O) groups excluding carboxylic acids is 2. The highest BCUT2D eigenvalue weighted by atomic mass is 19.1. The van der Waals surface area contributed by atoms with Gasteiger partial charge in [-0.1, -0.05) is 12.1 Å². The number of benzene rings is 2. The van der Waals surface area contributed by atoms with E-state index in [4.69, 9.17) is 0 Å². The van der Waals surface area contributed by atoms with Crippen LogP contribution in [0.3, 0.4) is 0 Å². The third kappa shape index (κ3) is 4.94. The predicted molar refractivity (Wildman–Crippen MR) is 116 cm³/mol. The van der Waals surface area contributed by atoms with Crippen LogP contribution in [0.2, 0.25) is 0 Å². The number of aryl methyl sites for hydroxylation is 1. The van der Waals surface area contributed by atoms with E-state index in [1.54, 1.807) is 11.1 Å². The monoisotopic (exact) mass is 418 g/mol. The molecule has 2 amide bonds. The molecule has 0 saturated carbocycles. The minimum Gasteiger partial charge on any atom is -0.338 e. The first-order valence-corrected chi connectivity index (χ1v) is 10.3. The van der Waals surface area contributed by atoms with Gasteiger partial charge in [0.2, 0.25) is 5.91 Å². The van der Waals surface area contributed by atoms with Crippen LogP contribution in [0, 0.1) is 18.7 Å². The van der Waals surface area contributed by atoms with E-state index < -0.39 is 0 Å². The van der Waals surface area contributed by atoms with Crippen molar-refractivity contribution < 1.29 is 14.0 Å². The van der Waals surface area contributed by atoms with Gasteiger partial charge < -0.3 is 10.2 Å². The molecular weight excluding hydrogens is 395 g/mol. The number of nitrogens with zero attached hydrogens (tertiary/aromatic N) is 3. The molecule has 0 bridgehead atoms. The van der Waals surface area contributed by atoms with Crippen molar-refractivity contribution >= 4 is 17.5 Å². The number of halogens is 1. The van der Waals surface area contributed by atoms with Gasteiger partial charge in [-0.05, 0) is 62.2 Å². The summed E-state index contributed by atoms with van der Waals surface area (Å²) in [6.07, 6.45) is 3.16. The van der Waals surface area contributed by atoms with Crippen molar-refractivity contribution in [1.29, 1.82) is 0 Å². The van der Waals surface area contributed by atoms with Crippen molar-refractivity contribution in [2.75, 3.05) is 18.4 Å². The summed E-state index contributed by atoms with van der Waals surface area (Å²) in [7, 11) is 0. The molecule has 1 fully saturated rings. The number of carbonyl (C=O) groups is 2. The number of amides is 2. The average Bonchev–Trinajstić information content (AvgIpc) is 2.79. The number of rotatable bonds is 4. The maximum atomic E-state index is 13.1. The fourth-order valence-electron chi connectivity index (χ4n) is 3.77. The van der Waals surface area contributed by atoms with Crippen molar-refractivity contribution in [2.45, 2.75) is 19.8 Å². The molecule has 158 valence electrons. The Morgan fingerprint density at radius 2 is 1.94 bits per heavy atom. The number of anilines is 1. The van der Waals surface area contributed by atoms with E-state index in [0.717, 1.165) is 17.7 Å². The fraction of sp³-hybridized carbons (Fsp3) is 0.250. The normalized spacial score (nSPS) is 16.1. The Hall–Kier alpha value is -3.61. The Bertz CT molecular complexity index is 1100. The summed E-state index contributed by atoms with van der Waals surface area (Å²) in [5.74, 6) is -0.304. The van der Waals surface area contributed by atoms with Crippen molar-refractivity contribution in [3.63, 3.8) is 0 Å². The van der Waals surface area contributed by atoms with Gasteiger partial charge in [0.1, 0.15) is 11.6 Å². The lowest BCUT2D eigenvalue weighted by Crippen LogP contribution is -2.43. The fourth-order valence-corrected chi connectivity index (χ4v) is 3.77. The minimum absolute atomic E-state index is 0.118. The summed E-state index contributed by atoms with van der Waals surface area (Å²) in [5.41, 5.74) is 2.79. The van der Waals surface area contributed by atoms with Gasteiger partial charge in [0.05, 0.1) is 11.6 Å². The van der Waals surface area contributed by atoms with E-state index in [-0.39, 0.29) is 23.5 Å². The lowest BCUT2D eigenvalue weighted by atomic mass is 9.96. The summed E-state index contributed by atoms with van der Waals surface area (Å²) in [6.45, 7) is 2.76. The smallest absolute Gasteiger partial charge is 0.253 e.